The molecule has 74 valence electrons. The number of carbonyl (C=O) groups is 1. The molecule has 5 heteroatoms. The highest BCUT2D eigenvalue weighted by molar-refractivity contribution is 6.28. The molecule has 1 aromatic rings. The van der Waals surface area contributed by atoms with Crippen molar-refractivity contribution in [1.82, 2.24) is 9.97 Å². The van der Waals surface area contributed by atoms with Crippen molar-refractivity contribution >= 4 is 23.7 Å². The molecule has 0 unspecified atom stereocenters. The number of nitrogens with zero attached hydrogens (tertiary/aromatic N) is 2. The first-order valence-corrected chi connectivity index (χ1v) is 4.91. The zero-order valence-corrected chi connectivity index (χ0v) is 8.29. The second-order valence-corrected chi connectivity index (χ2v) is 3.67. The van der Waals surface area contributed by atoms with E-state index in [2.05, 4.69) is 15.3 Å². The summed E-state index contributed by atoms with van der Waals surface area (Å²) in [4.78, 5) is 18.4. The lowest BCUT2D eigenvalue weighted by Gasteiger charge is -2.27. The van der Waals surface area contributed by atoms with Gasteiger partial charge in [0.05, 0.1) is 5.56 Å². The smallest absolute Gasteiger partial charge is 0.224 e. The number of hydrogen-bond acceptors (Lipinski definition) is 4. The lowest BCUT2D eigenvalue weighted by atomic mass is 9.93. The van der Waals surface area contributed by atoms with Gasteiger partial charge in [-0.25, -0.2) is 9.97 Å². The molecule has 1 aliphatic rings. The molecule has 1 aromatic heterocycles. The Labute approximate surface area is 86.7 Å². The third-order valence-electron chi connectivity index (χ3n) is 2.36. The van der Waals surface area contributed by atoms with Crippen LogP contribution in [0.4, 0.5) is 5.82 Å². The van der Waals surface area contributed by atoms with Crippen LogP contribution in [-0.2, 0) is 0 Å². The van der Waals surface area contributed by atoms with Crippen LogP contribution in [0.3, 0.4) is 0 Å². The molecule has 1 heterocycles. The topological polar surface area (TPSA) is 54.9 Å². The van der Waals surface area contributed by atoms with Crippen LogP contribution in [0.25, 0.3) is 0 Å². The van der Waals surface area contributed by atoms with Crippen molar-refractivity contribution in [1.29, 1.82) is 0 Å². The summed E-state index contributed by atoms with van der Waals surface area (Å²) in [6, 6.07) is 0.430. The van der Waals surface area contributed by atoms with Crippen LogP contribution in [0.15, 0.2) is 6.20 Å². The minimum atomic E-state index is 0.164. The Morgan fingerprint density at radius 3 is 2.93 bits per heavy atom. The van der Waals surface area contributed by atoms with E-state index in [-0.39, 0.29) is 5.28 Å². The highest BCUT2D eigenvalue weighted by atomic mass is 35.5. The van der Waals surface area contributed by atoms with Crippen molar-refractivity contribution in [3.8, 4) is 0 Å². The number of carbonyl (C=O) groups excluding carboxylic acids is 1. The summed E-state index contributed by atoms with van der Waals surface area (Å²) in [5.74, 6) is 0.546. The number of aromatic nitrogens is 2. The molecule has 0 radical (unpaired) electrons. The minimum Gasteiger partial charge on any atom is -0.367 e. The Kier molecular flexibility index (Phi) is 2.63. The van der Waals surface area contributed by atoms with Crippen molar-refractivity contribution in [2.75, 3.05) is 5.32 Å². The van der Waals surface area contributed by atoms with Gasteiger partial charge in [-0.05, 0) is 30.9 Å². The quantitative estimate of drug-likeness (QED) is 0.613. The van der Waals surface area contributed by atoms with E-state index in [4.69, 9.17) is 11.6 Å². The standard InChI is InChI=1S/C9H10ClN3O/c10-9-11-4-6(5-14)8(13-9)12-7-2-1-3-7/h4-5,7H,1-3H2,(H,11,12,13). The minimum absolute atomic E-state index is 0.164. The first kappa shape index (κ1) is 9.40. The van der Waals surface area contributed by atoms with Gasteiger partial charge < -0.3 is 5.32 Å². The molecule has 1 saturated carbocycles. The molecule has 0 spiro atoms. The Morgan fingerprint density at radius 2 is 2.36 bits per heavy atom. The molecular weight excluding hydrogens is 202 g/mol. The second-order valence-electron chi connectivity index (χ2n) is 3.33. The van der Waals surface area contributed by atoms with Crippen LogP contribution in [0.1, 0.15) is 29.6 Å². The van der Waals surface area contributed by atoms with Crippen LogP contribution in [0, 0.1) is 0 Å². The van der Waals surface area contributed by atoms with E-state index < -0.39 is 0 Å². The number of rotatable bonds is 3. The number of aldehydes is 1. The van der Waals surface area contributed by atoms with Crippen molar-refractivity contribution < 1.29 is 4.79 Å². The van der Waals surface area contributed by atoms with E-state index >= 15 is 0 Å². The van der Waals surface area contributed by atoms with Crippen LogP contribution >= 0.6 is 11.6 Å². The fourth-order valence-corrected chi connectivity index (χ4v) is 1.45. The maximum Gasteiger partial charge on any atom is 0.224 e. The Hall–Kier alpha value is -1.16. The van der Waals surface area contributed by atoms with Crippen molar-refractivity contribution in [3.63, 3.8) is 0 Å². The Bertz CT molecular complexity index is 352. The van der Waals surface area contributed by atoms with Crippen LogP contribution in [0.2, 0.25) is 5.28 Å². The van der Waals surface area contributed by atoms with Gasteiger partial charge in [0.1, 0.15) is 5.82 Å². The normalized spacial score (nSPS) is 16.1. The summed E-state index contributed by atoms with van der Waals surface area (Å²) >= 11 is 5.64. The summed E-state index contributed by atoms with van der Waals surface area (Å²) in [7, 11) is 0. The average Bonchev–Trinajstić information content (AvgIpc) is 2.12. The summed E-state index contributed by atoms with van der Waals surface area (Å²) < 4.78 is 0. The van der Waals surface area contributed by atoms with E-state index in [0.29, 0.717) is 17.4 Å². The van der Waals surface area contributed by atoms with Crippen LogP contribution in [-0.4, -0.2) is 22.3 Å². The molecule has 0 saturated heterocycles. The van der Waals surface area contributed by atoms with E-state index in [1.807, 2.05) is 0 Å². The lowest BCUT2D eigenvalue weighted by Crippen LogP contribution is -2.28. The Balaban J connectivity index is 2.19. The summed E-state index contributed by atoms with van der Waals surface area (Å²) in [6.45, 7) is 0. The van der Waals surface area contributed by atoms with Gasteiger partial charge in [-0.2, -0.15) is 0 Å². The van der Waals surface area contributed by atoms with Gasteiger partial charge in [0, 0.05) is 12.2 Å². The van der Waals surface area contributed by atoms with E-state index in [9.17, 15) is 4.79 Å². The average molecular weight is 212 g/mol. The molecule has 2 rings (SSSR count). The first-order chi connectivity index (χ1) is 6.79. The monoisotopic (exact) mass is 211 g/mol. The molecular formula is C9H10ClN3O. The second kappa shape index (κ2) is 3.92. The van der Waals surface area contributed by atoms with E-state index in [1.54, 1.807) is 0 Å². The van der Waals surface area contributed by atoms with Crippen molar-refractivity contribution in [3.05, 3.63) is 17.0 Å². The molecule has 0 aliphatic heterocycles. The predicted molar refractivity (Wildman–Crippen MR) is 53.7 cm³/mol. The third-order valence-corrected chi connectivity index (χ3v) is 2.54. The van der Waals surface area contributed by atoms with Gasteiger partial charge in [0.25, 0.3) is 0 Å². The van der Waals surface area contributed by atoms with E-state index in [1.165, 1.54) is 12.6 Å². The maximum absolute atomic E-state index is 10.7. The summed E-state index contributed by atoms with van der Waals surface area (Å²) in [5.41, 5.74) is 0.460. The molecule has 1 aliphatic carbocycles. The Morgan fingerprint density at radius 1 is 1.57 bits per heavy atom. The van der Waals surface area contributed by atoms with Gasteiger partial charge in [-0.3, -0.25) is 4.79 Å². The zero-order chi connectivity index (χ0) is 9.97. The fraction of sp³-hybridized carbons (Fsp3) is 0.444. The van der Waals surface area contributed by atoms with Gasteiger partial charge in [-0.1, -0.05) is 0 Å². The molecule has 0 aromatic carbocycles. The number of anilines is 1. The largest absolute Gasteiger partial charge is 0.367 e. The number of hydrogen-bond donors (Lipinski definition) is 1. The number of halogens is 1. The van der Waals surface area contributed by atoms with Crippen LogP contribution in [0.5, 0.6) is 0 Å². The van der Waals surface area contributed by atoms with Gasteiger partial charge in [0.15, 0.2) is 6.29 Å². The SMILES string of the molecule is O=Cc1cnc(Cl)nc1NC1CCC1. The molecule has 14 heavy (non-hydrogen) atoms. The first-order valence-electron chi connectivity index (χ1n) is 4.54. The highest BCUT2D eigenvalue weighted by Crippen LogP contribution is 2.23. The lowest BCUT2D eigenvalue weighted by molar-refractivity contribution is 0.112. The van der Waals surface area contributed by atoms with E-state index in [0.717, 1.165) is 19.1 Å². The van der Waals surface area contributed by atoms with Gasteiger partial charge >= 0.3 is 0 Å². The molecule has 1 N–H and O–H groups in total. The van der Waals surface area contributed by atoms with Gasteiger partial charge in [0.2, 0.25) is 5.28 Å². The molecule has 0 bridgehead atoms. The maximum atomic E-state index is 10.7. The summed E-state index contributed by atoms with van der Waals surface area (Å²) in [6.07, 6.45) is 5.65. The molecule has 0 atom stereocenters. The van der Waals surface area contributed by atoms with Crippen LogP contribution < -0.4 is 5.32 Å². The van der Waals surface area contributed by atoms with Crippen molar-refractivity contribution in [2.24, 2.45) is 0 Å². The molecule has 4 nitrogen and oxygen atoms in total. The fourth-order valence-electron chi connectivity index (χ4n) is 1.32. The summed E-state index contributed by atoms with van der Waals surface area (Å²) in [5, 5.41) is 3.34. The zero-order valence-electron chi connectivity index (χ0n) is 7.53. The predicted octanol–water partition coefficient (Wildman–Crippen LogP) is 1.91. The molecule has 0 amide bonds. The van der Waals surface area contributed by atoms with Gasteiger partial charge in [-0.15, -0.1) is 0 Å². The van der Waals surface area contributed by atoms with Crippen molar-refractivity contribution in [2.45, 2.75) is 25.3 Å². The highest BCUT2D eigenvalue weighted by Gasteiger charge is 2.19. The third kappa shape index (κ3) is 1.85. The molecule has 1 fully saturated rings. The number of nitrogens with one attached hydrogen (secondary N) is 1.